The molecule has 0 spiro atoms. The van der Waals surface area contributed by atoms with Crippen LogP contribution >= 0.6 is 0 Å². The van der Waals surface area contributed by atoms with Gasteiger partial charge in [-0.25, -0.2) is 0 Å². The van der Waals surface area contributed by atoms with Crippen LogP contribution in [0.1, 0.15) is 52.9 Å². The Hall–Kier alpha value is -0.650. The number of rotatable bonds is 10. The van der Waals surface area contributed by atoms with Crippen LogP contribution < -0.4 is 5.32 Å². The minimum atomic E-state index is -0.781. The summed E-state index contributed by atoms with van der Waals surface area (Å²) in [5.41, 5.74) is -0.781. The highest BCUT2D eigenvalue weighted by Crippen LogP contribution is 2.17. The van der Waals surface area contributed by atoms with E-state index in [0.717, 1.165) is 51.9 Å². The van der Waals surface area contributed by atoms with Crippen LogP contribution in [0.4, 0.5) is 0 Å². The fraction of sp³-hybridized carbons (Fsp3) is 0.938. The zero-order valence-electron chi connectivity index (χ0n) is 13.9. The Kier molecular flexibility index (Phi) is 8.22. The molecule has 5 heteroatoms. The van der Waals surface area contributed by atoms with Gasteiger partial charge in [0, 0.05) is 19.7 Å². The first-order chi connectivity index (χ1) is 10.0. The summed E-state index contributed by atoms with van der Waals surface area (Å²) >= 11 is 0. The maximum atomic E-state index is 11.3. The van der Waals surface area contributed by atoms with E-state index < -0.39 is 11.5 Å². The monoisotopic (exact) mass is 300 g/mol. The van der Waals surface area contributed by atoms with E-state index in [2.05, 4.69) is 17.1 Å². The molecule has 0 amide bonds. The molecule has 124 valence electrons. The molecule has 1 heterocycles. The second-order valence-corrected chi connectivity index (χ2v) is 6.12. The Morgan fingerprint density at radius 1 is 1.33 bits per heavy atom. The number of carboxylic acid groups (broad SMARTS) is 1. The van der Waals surface area contributed by atoms with Gasteiger partial charge < -0.3 is 20.1 Å². The quantitative estimate of drug-likeness (QED) is 0.605. The third-order valence-corrected chi connectivity index (χ3v) is 4.38. The number of hydrogen-bond acceptors (Lipinski definition) is 4. The van der Waals surface area contributed by atoms with Crippen molar-refractivity contribution in [2.24, 2.45) is 0 Å². The fourth-order valence-electron chi connectivity index (χ4n) is 3.01. The summed E-state index contributed by atoms with van der Waals surface area (Å²) in [5, 5.41) is 12.4. The average molecular weight is 300 g/mol. The Labute approximate surface area is 129 Å². The van der Waals surface area contributed by atoms with E-state index in [-0.39, 0.29) is 0 Å². The Morgan fingerprint density at radius 2 is 2.00 bits per heavy atom. The zero-order valence-corrected chi connectivity index (χ0v) is 13.9. The van der Waals surface area contributed by atoms with E-state index in [4.69, 9.17) is 4.74 Å². The molecule has 1 aliphatic heterocycles. The summed E-state index contributed by atoms with van der Waals surface area (Å²) in [6.07, 6.45) is 5.38. The first-order valence-electron chi connectivity index (χ1n) is 8.34. The lowest BCUT2D eigenvalue weighted by atomic mass is 9.94. The highest BCUT2D eigenvalue weighted by atomic mass is 16.5. The van der Waals surface area contributed by atoms with E-state index in [1.54, 1.807) is 6.92 Å². The average Bonchev–Trinajstić information content (AvgIpc) is 2.46. The van der Waals surface area contributed by atoms with Crippen LogP contribution in [0.5, 0.6) is 0 Å². The topological polar surface area (TPSA) is 61.8 Å². The molecular formula is C16H32N2O3. The lowest BCUT2D eigenvalue weighted by Gasteiger charge is -2.32. The van der Waals surface area contributed by atoms with Crippen molar-refractivity contribution in [2.45, 2.75) is 64.5 Å². The van der Waals surface area contributed by atoms with Crippen molar-refractivity contribution < 1.29 is 14.6 Å². The summed E-state index contributed by atoms with van der Waals surface area (Å²) in [4.78, 5) is 13.8. The highest BCUT2D eigenvalue weighted by molar-refractivity contribution is 5.78. The van der Waals surface area contributed by atoms with Crippen LogP contribution in [-0.4, -0.2) is 60.4 Å². The first-order valence-corrected chi connectivity index (χ1v) is 8.34. The number of likely N-dealkylation sites (tertiary alicyclic amines) is 1. The lowest BCUT2D eigenvalue weighted by Crippen LogP contribution is -2.49. The molecule has 1 unspecified atom stereocenters. The molecule has 0 bridgehead atoms. The molecule has 2 N–H and O–H groups in total. The first kappa shape index (κ1) is 18.4. The van der Waals surface area contributed by atoms with Crippen molar-refractivity contribution in [1.82, 2.24) is 10.2 Å². The van der Waals surface area contributed by atoms with Gasteiger partial charge in [0.15, 0.2) is 0 Å². The summed E-state index contributed by atoms with van der Waals surface area (Å²) in [7, 11) is 0. The molecule has 1 fully saturated rings. The molecule has 0 radical (unpaired) electrons. The number of ether oxygens (including phenoxy) is 1. The minimum Gasteiger partial charge on any atom is -0.480 e. The van der Waals surface area contributed by atoms with Gasteiger partial charge >= 0.3 is 5.97 Å². The van der Waals surface area contributed by atoms with Gasteiger partial charge in [-0.1, -0.05) is 6.92 Å². The fourth-order valence-corrected chi connectivity index (χ4v) is 3.01. The predicted molar refractivity (Wildman–Crippen MR) is 84.7 cm³/mol. The summed E-state index contributed by atoms with van der Waals surface area (Å²) in [6, 6.07) is 0. The lowest BCUT2D eigenvalue weighted by molar-refractivity contribution is -0.144. The smallest absolute Gasteiger partial charge is 0.323 e. The van der Waals surface area contributed by atoms with Crippen LogP contribution in [0.25, 0.3) is 0 Å². The van der Waals surface area contributed by atoms with Crippen molar-refractivity contribution in [1.29, 1.82) is 0 Å². The molecule has 1 atom stereocenters. The van der Waals surface area contributed by atoms with Crippen molar-refractivity contribution in [2.75, 3.05) is 32.8 Å². The van der Waals surface area contributed by atoms with Gasteiger partial charge in [-0.15, -0.1) is 0 Å². The van der Waals surface area contributed by atoms with E-state index in [1.165, 1.54) is 0 Å². The normalized spacial score (nSPS) is 20.3. The number of nitrogens with one attached hydrogen (secondary N) is 1. The molecule has 0 aromatic heterocycles. The summed E-state index contributed by atoms with van der Waals surface area (Å²) in [5.74, 6) is -0.748. The number of aliphatic carboxylic acids is 1. The van der Waals surface area contributed by atoms with Gasteiger partial charge in [0.25, 0.3) is 0 Å². The second kappa shape index (κ2) is 9.38. The largest absolute Gasteiger partial charge is 0.480 e. The number of nitrogens with zero attached hydrogens (tertiary/aromatic N) is 1. The van der Waals surface area contributed by atoms with Gasteiger partial charge in [0.1, 0.15) is 5.54 Å². The third kappa shape index (κ3) is 6.32. The van der Waals surface area contributed by atoms with E-state index >= 15 is 0 Å². The number of unbranched alkanes of at least 4 members (excludes halogenated alkanes) is 1. The Bertz CT molecular complexity index is 304. The molecule has 0 aliphatic carbocycles. The van der Waals surface area contributed by atoms with Crippen molar-refractivity contribution >= 4 is 5.97 Å². The maximum Gasteiger partial charge on any atom is 0.323 e. The number of carboxylic acids is 1. The Balaban J connectivity index is 2.18. The highest BCUT2D eigenvalue weighted by Gasteiger charge is 2.31. The number of likely N-dealkylation sites (N-methyl/N-ethyl adjacent to an activating group) is 1. The van der Waals surface area contributed by atoms with Crippen molar-refractivity contribution in [3.05, 3.63) is 0 Å². The predicted octanol–water partition coefficient (Wildman–Crippen LogP) is 2.11. The molecule has 0 aromatic rings. The van der Waals surface area contributed by atoms with Crippen molar-refractivity contribution in [3.63, 3.8) is 0 Å². The minimum absolute atomic E-state index is 0.440. The van der Waals surface area contributed by atoms with Gasteiger partial charge in [-0.2, -0.15) is 0 Å². The van der Waals surface area contributed by atoms with Gasteiger partial charge in [-0.3, -0.25) is 4.79 Å². The maximum absolute atomic E-state index is 11.3. The molecule has 1 rings (SSSR count). The Morgan fingerprint density at radius 3 is 2.52 bits per heavy atom. The number of piperidine rings is 1. The molecule has 0 saturated carbocycles. The van der Waals surface area contributed by atoms with E-state index in [0.29, 0.717) is 19.1 Å². The van der Waals surface area contributed by atoms with Crippen LogP contribution in [0.15, 0.2) is 0 Å². The van der Waals surface area contributed by atoms with E-state index in [9.17, 15) is 9.90 Å². The van der Waals surface area contributed by atoms with Crippen LogP contribution in [0, 0.1) is 0 Å². The molecular weight excluding hydrogens is 268 g/mol. The standard InChI is InChI=1S/C16H32N2O3/c1-4-17-16(3,15(19)20)10-6-7-11-18-12-8-14(9-13-18)21-5-2/h14,17H,4-13H2,1-3H3,(H,19,20). The summed E-state index contributed by atoms with van der Waals surface area (Å²) < 4.78 is 5.65. The molecule has 0 aromatic carbocycles. The SMILES string of the molecule is CCNC(C)(CCCCN1CCC(OCC)CC1)C(=O)O. The molecule has 1 aliphatic rings. The second-order valence-electron chi connectivity index (χ2n) is 6.12. The van der Waals surface area contributed by atoms with Crippen LogP contribution in [-0.2, 0) is 9.53 Å². The molecule has 5 nitrogen and oxygen atoms in total. The summed E-state index contributed by atoms with van der Waals surface area (Å²) in [6.45, 7) is 10.6. The van der Waals surface area contributed by atoms with E-state index in [1.807, 2.05) is 6.92 Å². The number of hydrogen-bond donors (Lipinski definition) is 2. The van der Waals surface area contributed by atoms with Gasteiger partial charge in [0.2, 0.25) is 0 Å². The third-order valence-electron chi connectivity index (χ3n) is 4.38. The van der Waals surface area contributed by atoms with Gasteiger partial charge in [0.05, 0.1) is 6.10 Å². The van der Waals surface area contributed by atoms with Crippen LogP contribution in [0.3, 0.4) is 0 Å². The van der Waals surface area contributed by atoms with Crippen LogP contribution in [0.2, 0.25) is 0 Å². The zero-order chi connectivity index (χ0) is 15.7. The van der Waals surface area contributed by atoms with Gasteiger partial charge in [-0.05, 0) is 59.0 Å². The molecule has 1 saturated heterocycles. The molecule has 21 heavy (non-hydrogen) atoms. The van der Waals surface area contributed by atoms with Crippen molar-refractivity contribution in [3.8, 4) is 0 Å². The number of carbonyl (C=O) groups is 1.